The van der Waals surface area contributed by atoms with Crippen molar-refractivity contribution in [3.63, 3.8) is 0 Å². The Morgan fingerprint density at radius 1 is 0.947 bits per heavy atom. The molecule has 0 bridgehead atoms. The molecule has 114 valence electrons. The fourth-order valence-corrected chi connectivity index (χ4v) is 1.12. The normalized spacial score (nSPS) is 12.4. The van der Waals surface area contributed by atoms with Crippen LogP contribution in [0.15, 0.2) is 0 Å². The smallest absolute Gasteiger partial charge is 0.322 e. The molecular formula is C13H27NO5. The van der Waals surface area contributed by atoms with E-state index in [1.54, 1.807) is 6.92 Å². The molecule has 0 rings (SSSR count). The fraction of sp³-hybridized carbons (Fsp3) is 0.923. The minimum Gasteiger partial charge on any atom is -0.462 e. The van der Waals surface area contributed by atoms with Crippen LogP contribution in [0.2, 0.25) is 0 Å². The van der Waals surface area contributed by atoms with Crippen LogP contribution >= 0.6 is 0 Å². The first-order chi connectivity index (χ1) is 9.18. The predicted octanol–water partition coefficient (Wildman–Crippen LogP) is 0.727. The summed E-state index contributed by atoms with van der Waals surface area (Å²) in [6.45, 7) is 7.26. The van der Waals surface area contributed by atoms with Crippen molar-refractivity contribution >= 4 is 5.97 Å². The lowest BCUT2D eigenvalue weighted by molar-refractivity contribution is -0.146. The topological polar surface area (TPSA) is 80.0 Å². The van der Waals surface area contributed by atoms with Gasteiger partial charge in [-0.3, -0.25) is 4.79 Å². The van der Waals surface area contributed by atoms with Gasteiger partial charge in [0.25, 0.3) is 0 Å². The fourth-order valence-electron chi connectivity index (χ4n) is 1.12. The molecule has 0 aromatic rings. The van der Waals surface area contributed by atoms with Gasteiger partial charge < -0.3 is 24.7 Å². The molecule has 2 N–H and O–H groups in total. The van der Waals surface area contributed by atoms with Crippen LogP contribution in [0.4, 0.5) is 0 Å². The zero-order valence-corrected chi connectivity index (χ0v) is 12.1. The van der Waals surface area contributed by atoms with Gasteiger partial charge in [0, 0.05) is 6.61 Å². The number of carbonyl (C=O) groups is 1. The molecule has 0 saturated carbocycles. The summed E-state index contributed by atoms with van der Waals surface area (Å²) >= 11 is 0. The van der Waals surface area contributed by atoms with Crippen LogP contribution in [0, 0.1) is 0 Å². The summed E-state index contributed by atoms with van der Waals surface area (Å²) < 4.78 is 20.7. The molecule has 1 atom stereocenters. The molecule has 0 aliphatic rings. The number of rotatable bonds is 13. The van der Waals surface area contributed by atoms with Gasteiger partial charge in [-0.15, -0.1) is 0 Å². The Hall–Kier alpha value is -0.690. The molecule has 0 aromatic carbocycles. The van der Waals surface area contributed by atoms with Gasteiger partial charge in [-0.1, -0.05) is 13.3 Å². The van der Waals surface area contributed by atoms with Crippen LogP contribution in [0.1, 0.15) is 26.7 Å². The summed E-state index contributed by atoms with van der Waals surface area (Å²) in [5.74, 6) is -0.413. The van der Waals surface area contributed by atoms with Crippen molar-refractivity contribution in [3.8, 4) is 0 Å². The zero-order valence-electron chi connectivity index (χ0n) is 12.1. The van der Waals surface area contributed by atoms with E-state index in [0.29, 0.717) is 33.0 Å². The molecule has 0 heterocycles. The Kier molecular flexibility index (Phi) is 13.2. The van der Waals surface area contributed by atoms with Gasteiger partial charge in [0.1, 0.15) is 12.6 Å². The molecule has 0 radical (unpaired) electrons. The molecule has 0 aliphatic heterocycles. The van der Waals surface area contributed by atoms with Crippen LogP contribution in [0.3, 0.4) is 0 Å². The SMILES string of the molecule is CCCCOCCOCCOCCOC(=O)[C@H](C)N. The van der Waals surface area contributed by atoms with Gasteiger partial charge in [-0.2, -0.15) is 0 Å². The third-order valence-electron chi connectivity index (χ3n) is 2.23. The van der Waals surface area contributed by atoms with E-state index in [9.17, 15) is 4.79 Å². The number of ether oxygens (including phenoxy) is 4. The zero-order chi connectivity index (χ0) is 14.3. The Morgan fingerprint density at radius 3 is 1.89 bits per heavy atom. The molecular weight excluding hydrogens is 250 g/mol. The van der Waals surface area contributed by atoms with Crippen molar-refractivity contribution in [2.75, 3.05) is 46.2 Å². The minimum atomic E-state index is -0.587. The number of hydrogen-bond acceptors (Lipinski definition) is 6. The van der Waals surface area contributed by atoms with E-state index in [2.05, 4.69) is 6.92 Å². The van der Waals surface area contributed by atoms with Crippen molar-refractivity contribution in [3.05, 3.63) is 0 Å². The van der Waals surface area contributed by atoms with E-state index in [4.69, 9.17) is 24.7 Å². The van der Waals surface area contributed by atoms with Gasteiger partial charge in [-0.25, -0.2) is 0 Å². The molecule has 0 spiro atoms. The molecule has 0 saturated heterocycles. The average Bonchev–Trinajstić information content (AvgIpc) is 2.39. The minimum absolute atomic E-state index is 0.223. The van der Waals surface area contributed by atoms with E-state index < -0.39 is 12.0 Å². The van der Waals surface area contributed by atoms with Crippen LogP contribution in [0.25, 0.3) is 0 Å². The van der Waals surface area contributed by atoms with Crippen LogP contribution in [0.5, 0.6) is 0 Å². The first kappa shape index (κ1) is 18.3. The third kappa shape index (κ3) is 13.5. The van der Waals surface area contributed by atoms with Crippen molar-refractivity contribution < 1.29 is 23.7 Å². The molecule has 0 unspecified atom stereocenters. The molecule has 0 aromatic heterocycles. The number of unbranched alkanes of at least 4 members (excludes halogenated alkanes) is 1. The lowest BCUT2D eigenvalue weighted by Crippen LogP contribution is -2.29. The lowest BCUT2D eigenvalue weighted by atomic mass is 10.4. The summed E-state index contributed by atoms with van der Waals surface area (Å²) in [6, 6.07) is -0.587. The van der Waals surface area contributed by atoms with E-state index in [1.807, 2.05) is 0 Å². The number of esters is 1. The van der Waals surface area contributed by atoms with Gasteiger partial charge in [0.05, 0.1) is 33.0 Å². The summed E-state index contributed by atoms with van der Waals surface area (Å²) in [6.07, 6.45) is 2.23. The van der Waals surface area contributed by atoms with Crippen LogP contribution in [-0.4, -0.2) is 58.3 Å². The van der Waals surface area contributed by atoms with Crippen molar-refractivity contribution in [1.29, 1.82) is 0 Å². The molecule has 0 amide bonds. The number of carbonyl (C=O) groups excluding carboxylic acids is 1. The van der Waals surface area contributed by atoms with Gasteiger partial charge in [0.15, 0.2) is 0 Å². The summed E-state index contributed by atoms with van der Waals surface area (Å²) in [7, 11) is 0. The highest BCUT2D eigenvalue weighted by molar-refractivity contribution is 5.74. The van der Waals surface area contributed by atoms with Gasteiger partial charge >= 0.3 is 5.97 Å². The second kappa shape index (κ2) is 13.7. The largest absolute Gasteiger partial charge is 0.462 e. The Balaban J connectivity index is 3.05. The monoisotopic (exact) mass is 277 g/mol. The van der Waals surface area contributed by atoms with E-state index in [1.165, 1.54) is 0 Å². The van der Waals surface area contributed by atoms with E-state index in [-0.39, 0.29) is 6.61 Å². The summed E-state index contributed by atoms with van der Waals surface area (Å²) in [4.78, 5) is 11.0. The van der Waals surface area contributed by atoms with Crippen LogP contribution < -0.4 is 5.73 Å². The molecule has 6 nitrogen and oxygen atoms in total. The van der Waals surface area contributed by atoms with Crippen molar-refractivity contribution in [1.82, 2.24) is 0 Å². The summed E-state index contributed by atoms with van der Waals surface area (Å²) in [5.41, 5.74) is 5.33. The molecule has 6 heteroatoms. The number of hydrogen-bond donors (Lipinski definition) is 1. The second-order valence-corrected chi connectivity index (χ2v) is 4.15. The van der Waals surface area contributed by atoms with Crippen LogP contribution in [-0.2, 0) is 23.7 Å². The first-order valence-electron chi connectivity index (χ1n) is 6.84. The Morgan fingerprint density at radius 2 is 1.42 bits per heavy atom. The first-order valence-corrected chi connectivity index (χ1v) is 6.84. The predicted molar refractivity (Wildman–Crippen MR) is 72.0 cm³/mol. The average molecular weight is 277 g/mol. The van der Waals surface area contributed by atoms with E-state index in [0.717, 1.165) is 19.4 Å². The van der Waals surface area contributed by atoms with E-state index >= 15 is 0 Å². The lowest BCUT2D eigenvalue weighted by Gasteiger charge is -2.08. The molecule has 19 heavy (non-hydrogen) atoms. The standard InChI is InChI=1S/C13H27NO5/c1-3-4-5-16-6-7-17-8-9-18-10-11-19-13(15)12(2)14/h12H,3-11,14H2,1-2H3/t12-/m0/s1. The maximum atomic E-state index is 11.0. The Bertz CT molecular complexity index is 211. The highest BCUT2D eigenvalue weighted by Crippen LogP contribution is 1.88. The highest BCUT2D eigenvalue weighted by Gasteiger charge is 2.07. The van der Waals surface area contributed by atoms with Crippen molar-refractivity contribution in [2.45, 2.75) is 32.7 Å². The van der Waals surface area contributed by atoms with Gasteiger partial charge in [0.2, 0.25) is 0 Å². The second-order valence-electron chi connectivity index (χ2n) is 4.15. The Labute approximate surface area is 115 Å². The molecule has 0 aliphatic carbocycles. The maximum absolute atomic E-state index is 11.0. The maximum Gasteiger partial charge on any atom is 0.322 e. The highest BCUT2D eigenvalue weighted by atomic mass is 16.6. The third-order valence-corrected chi connectivity index (χ3v) is 2.23. The molecule has 0 fully saturated rings. The summed E-state index contributed by atoms with van der Waals surface area (Å²) in [5, 5.41) is 0. The quantitative estimate of drug-likeness (QED) is 0.395. The van der Waals surface area contributed by atoms with Crippen molar-refractivity contribution in [2.24, 2.45) is 5.73 Å². The van der Waals surface area contributed by atoms with Gasteiger partial charge in [-0.05, 0) is 13.3 Å². The number of nitrogens with two attached hydrogens (primary N) is 1.